The minimum absolute atomic E-state index is 0.189. The molecule has 0 aromatic carbocycles. The summed E-state index contributed by atoms with van der Waals surface area (Å²) in [6.45, 7) is 0. The molecule has 0 aromatic rings. The van der Waals surface area contributed by atoms with Crippen molar-refractivity contribution in [2.24, 2.45) is 11.5 Å². The van der Waals surface area contributed by atoms with Crippen molar-refractivity contribution >= 4 is 70.0 Å². The Kier molecular flexibility index (Phi) is 13.2. The highest BCUT2D eigenvalue weighted by Gasteiger charge is 2.07. The van der Waals surface area contributed by atoms with Crippen LogP contribution < -0.4 is 11.5 Å². The van der Waals surface area contributed by atoms with Gasteiger partial charge in [0.2, 0.25) is 0 Å². The quantitative estimate of drug-likeness (QED) is 0.180. The molecule has 0 amide bonds. The second-order valence-corrected chi connectivity index (χ2v) is 8.37. The average Bonchev–Trinajstić information content (AvgIpc) is 2.30. The fourth-order valence-electron chi connectivity index (χ4n) is 0.945. The van der Waals surface area contributed by atoms with E-state index < -0.39 is 0 Å². The van der Waals surface area contributed by atoms with Crippen LogP contribution in [0, 0.1) is 10.8 Å². The topological polar surface area (TPSA) is 99.7 Å². The molecule has 0 spiro atoms. The molecule has 0 radical (unpaired) electrons. The Morgan fingerprint density at radius 1 is 1.00 bits per heavy atom. The maximum absolute atomic E-state index is 7.10. The number of hydrogen-bond donors (Lipinski definition) is 5. The smallest absolute Gasteiger partial charge is 0.151 e. The molecule has 0 saturated carbocycles. The van der Waals surface area contributed by atoms with Gasteiger partial charge in [-0.2, -0.15) is 36.2 Å². The molecule has 4 nitrogen and oxygen atoms in total. The molecule has 0 saturated heterocycles. The molecule has 1 unspecified atom stereocenters. The third-order valence-electron chi connectivity index (χ3n) is 1.69. The van der Waals surface area contributed by atoms with Crippen LogP contribution in [0.4, 0.5) is 0 Å². The Morgan fingerprint density at radius 3 is 2.06 bits per heavy atom. The van der Waals surface area contributed by atoms with Crippen LogP contribution in [0.15, 0.2) is 0 Å². The largest absolute Gasteiger partial charge is 0.379 e. The fraction of sp³-hybridized carbons (Fsp3) is 0.778. The predicted octanol–water partition coefficient (Wildman–Crippen LogP) is 2.00. The number of nitrogens with one attached hydrogen (secondary N) is 2. The lowest BCUT2D eigenvalue weighted by Crippen LogP contribution is -2.12. The van der Waals surface area contributed by atoms with Crippen LogP contribution in [0.3, 0.4) is 0 Å². The first-order valence-electron chi connectivity index (χ1n) is 5.30. The van der Waals surface area contributed by atoms with Crippen molar-refractivity contribution in [1.82, 2.24) is 0 Å². The summed E-state index contributed by atoms with van der Waals surface area (Å²) < 4.78 is 0. The standard InChI is InChI=1S/C9H20N4S5/c10-8(11)17-2-1-15-6-7(5-14)16-3-4-18-9(12)13/h7,14H,1-6H2,(H3,10,11)(H3,12,13). The summed E-state index contributed by atoms with van der Waals surface area (Å²) in [4.78, 5) is 0. The van der Waals surface area contributed by atoms with Crippen molar-refractivity contribution in [3.63, 3.8) is 0 Å². The maximum Gasteiger partial charge on any atom is 0.151 e. The van der Waals surface area contributed by atoms with E-state index in [1.165, 1.54) is 23.5 Å². The molecule has 0 aliphatic carbocycles. The van der Waals surface area contributed by atoms with Gasteiger partial charge in [-0.3, -0.25) is 10.8 Å². The monoisotopic (exact) mass is 344 g/mol. The average molecular weight is 345 g/mol. The van der Waals surface area contributed by atoms with Crippen LogP contribution in [0.5, 0.6) is 0 Å². The second kappa shape index (κ2) is 12.7. The van der Waals surface area contributed by atoms with Gasteiger partial charge in [0.05, 0.1) is 0 Å². The number of amidine groups is 2. The summed E-state index contributed by atoms with van der Waals surface area (Å²) in [6.07, 6.45) is 0. The van der Waals surface area contributed by atoms with Gasteiger partial charge in [0.25, 0.3) is 0 Å². The van der Waals surface area contributed by atoms with Crippen LogP contribution in [0.1, 0.15) is 0 Å². The molecule has 18 heavy (non-hydrogen) atoms. The minimum Gasteiger partial charge on any atom is -0.379 e. The minimum atomic E-state index is 0.189. The van der Waals surface area contributed by atoms with E-state index in [0.717, 1.165) is 34.5 Å². The first-order valence-corrected chi connectivity index (χ1v) is 10.1. The van der Waals surface area contributed by atoms with E-state index in [1.54, 1.807) is 0 Å². The van der Waals surface area contributed by atoms with Gasteiger partial charge in [-0.25, -0.2) is 0 Å². The van der Waals surface area contributed by atoms with E-state index in [9.17, 15) is 0 Å². The van der Waals surface area contributed by atoms with Gasteiger partial charge in [0.15, 0.2) is 10.3 Å². The number of nitrogens with two attached hydrogens (primary N) is 2. The summed E-state index contributed by atoms with van der Waals surface area (Å²) in [5.74, 6) is 5.72. The van der Waals surface area contributed by atoms with Crippen LogP contribution >= 0.6 is 59.7 Å². The molecule has 0 aliphatic rings. The van der Waals surface area contributed by atoms with Crippen LogP contribution in [0.2, 0.25) is 0 Å². The van der Waals surface area contributed by atoms with Crippen LogP contribution in [-0.4, -0.2) is 50.1 Å². The molecule has 0 rings (SSSR count). The zero-order valence-electron chi connectivity index (χ0n) is 10.1. The summed E-state index contributed by atoms with van der Waals surface area (Å²) >= 11 is 10.9. The Balaban J connectivity index is 3.46. The first kappa shape index (κ1) is 18.7. The van der Waals surface area contributed by atoms with Crippen LogP contribution in [0.25, 0.3) is 0 Å². The third-order valence-corrected chi connectivity index (χ3v) is 6.92. The lowest BCUT2D eigenvalue weighted by atomic mass is 10.5. The molecular weight excluding hydrogens is 324 g/mol. The molecule has 0 bridgehead atoms. The molecule has 6 N–H and O–H groups in total. The van der Waals surface area contributed by atoms with E-state index >= 15 is 0 Å². The fourth-order valence-corrected chi connectivity index (χ4v) is 5.19. The molecule has 0 aromatic heterocycles. The highest BCUT2D eigenvalue weighted by Crippen LogP contribution is 2.20. The molecule has 0 fully saturated rings. The van der Waals surface area contributed by atoms with Crippen molar-refractivity contribution in [2.45, 2.75) is 5.25 Å². The molecule has 9 heteroatoms. The van der Waals surface area contributed by atoms with Gasteiger partial charge in [0, 0.05) is 39.8 Å². The Hall–Kier alpha value is 0.690. The van der Waals surface area contributed by atoms with Crippen molar-refractivity contribution in [3.05, 3.63) is 0 Å². The lowest BCUT2D eigenvalue weighted by molar-refractivity contribution is 1.15. The first-order chi connectivity index (χ1) is 8.56. The van der Waals surface area contributed by atoms with Gasteiger partial charge in [-0.1, -0.05) is 23.5 Å². The number of rotatable bonds is 10. The Bertz CT molecular complexity index is 251. The van der Waals surface area contributed by atoms with Gasteiger partial charge in [-0.05, 0) is 0 Å². The van der Waals surface area contributed by atoms with Gasteiger partial charge in [-0.15, -0.1) is 0 Å². The Labute approximate surface area is 131 Å². The van der Waals surface area contributed by atoms with E-state index in [1.807, 2.05) is 23.5 Å². The molecule has 106 valence electrons. The maximum atomic E-state index is 7.10. The highest BCUT2D eigenvalue weighted by atomic mass is 32.2. The van der Waals surface area contributed by atoms with Crippen molar-refractivity contribution < 1.29 is 0 Å². The summed E-state index contributed by atoms with van der Waals surface area (Å²) in [5, 5.41) is 15.1. The van der Waals surface area contributed by atoms with Gasteiger partial charge in [0.1, 0.15) is 0 Å². The second-order valence-electron chi connectivity index (χ2n) is 3.18. The van der Waals surface area contributed by atoms with Crippen molar-refractivity contribution in [2.75, 3.05) is 34.5 Å². The number of hydrogen-bond acceptors (Lipinski definition) is 7. The van der Waals surface area contributed by atoms with E-state index in [4.69, 9.17) is 22.3 Å². The SMILES string of the molecule is N=C(N)SCCSCC(CS)SCCSC(=N)N. The normalized spacial score (nSPS) is 12.3. The van der Waals surface area contributed by atoms with Crippen LogP contribution in [-0.2, 0) is 0 Å². The third kappa shape index (κ3) is 13.1. The molecule has 0 aliphatic heterocycles. The highest BCUT2D eigenvalue weighted by molar-refractivity contribution is 8.15. The van der Waals surface area contributed by atoms with Crippen molar-refractivity contribution in [3.8, 4) is 0 Å². The molecule has 1 atom stereocenters. The predicted molar refractivity (Wildman–Crippen MR) is 96.2 cm³/mol. The zero-order chi connectivity index (χ0) is 13.8. The van der Waals surface area contributed by atoms with E-state index in [0.29, 0.717) is 5.25 Å². The van der Waals surface area contributed by atoms with E-state index in [-0.39, 0.29) is 10.3 Å². The molecule has 0 heterocycles. The zero-order valence-corrected chi connectivity index (χ0v) is 14.2. The molecular formula is C9H20N4S5. The summed E-state index contributed by atoms with van der Waals surface area (Å²) in [5.41, 5.74) is 10.5. The van der Waals surface area contributed by atoms with Gasteiger partial charge >= 0.3 is 0 Å². The van der Waals surface area contributed by atoms with Crippen molar-refractivity contribution in [1.29, 1.82) is 10.8 Å². The van der Waals surface area contributed by atoms with E-state index in [2.05, 4.69) is 12.6 Å². The lowest BCUT2D eigenvalue weighted by Gasteiger charge is -2.13. The van der Waals surface area contributed by atoms with Gasteiger partial charge < -0.3 is 11.5 Å². The summed E-state index contributed by atoms with van der Waals surface area (Å²) in [6, 6.07) is 0. The Morgan fingerprint density at radius 2 is 1.56 bits per heavy atom. The number of thiol groups is 1. The number of thioether (sulfide) groups is 4. The summed E-state index contributed by atoms with van der Waals surface area (Å²) in [7, 11) is 0.